The molecule has 3 aromatic rings. The van der Waals surface area contributed by atoms with Crippen LogP contribution in [0.2, 0.25) is 0 Å². The number of hydrogen-bond donors (Lipinski definition) is 2. The Labute approximate surface area is 161 Å². The monoisotopic (exact) mass is 372 g/mol. The lowest BCUT2D eigenvalue weighted by molar-refractivity contribution is 0.0437. The standard InChI is InChI=1S/C22H16N2O4/c25-21(26)15-8-2-1-7-14(15)13-23-18-11-5-6-12-19(18)24-20-16-9-3-4-10-17(16)22(27)28-20/h1-13,20,24H,(H,25,26). The molecule has 4 rings (SSSR count). The summed E-state index contributed by atoms with van der Waals surface area (Å²) in [7, 11) is 0. The molecular formula is C22H16N2O4. The molecule has 1 heterocycles. The number of carbonyl (C=O) groups is 2. The van der Waals surface area contributed by atoms with E-state index in [1.807, 2.05) is 30.3 Å². The van der Waals surface area contributed by atoms with Gasteiger partial charge in [-0.3, -0.25) is 4.99 Å². The summed E-state index contributed by atoms with van der Waals surface area (Å²) in [5.74, 6) is -1.38. The number of hydrogen-bond acceptors (Lipinski definition) is 5. The summed E-state index contributed by atoms with van der Waals surface area (Å²) >= 11 is 0. The quantitative estimate of drug-likeness (QED) is 0.511. The lowest BCUT2D eigenvalue weighted by atomic mass is 10.1. The van der Waals surface area contributed by atoms with E-state index in [0.717, 1.165) is 5.56 Å². The number of esters is 1. The van der Waals surface area contributed by atoms with Gasteiger partial charge in [-0.2, -0.15) is 0 Å². The third kappa shape index (κ3) is 3.35. The van der Waals surface area contributed by atoms with Gasteiger partial charge in [-0.1, -0.05) is 48.5 Å². The first-order valence-electron chi connectivity index (χ1n) is 8.65. The summed E-state index contributed by atoms with van der Waals surface area (Å²) in [5.41, 5.74) is 3.25. The summed E-state index contributed by atoms with van der Waals surface area (Å²) in [4.78, 5) is 27.8. The summed E-state index contributed by atoms with van der Waals surface area (Å²) in [6, 6.07) is 21.2. The van der Waals surface area contributed by atoms with E-state index in [1.165, 1.54) is 12.3 Å². The van der Waals surface area contributed by atoms with Crippen molar-refractivity contribution in [2.75, 3.05) is 5.32 Å². The van der Waals surface area contributed by atoms with E-state index in [-0.39, 0.29) is 11.5 Å². The molecule has 0 aliphatic carbocycles. The molecule has 1 unspecified atom stereocenters. The Morgan fingerprint density at radius 1 is 1.00 bits per heavy atom. The third-order valence-electron chi connectivity index (χ3n) is 4.41. The molecule has 0 bridgehead atoms. The van der Waals surface area contributed by atoms with Gasteiger partial charge in [0.25, 0.3) is 0 Å². The number of nitrogens with one attached hydrogen (secondary N) is 1. The maximum atomic E-state index is 12.0. The van der Waals surface area contributed by atoms with Crippen molar-refractivity contribution in [2.45, 2.75) is 6.23 Å². The van der Waals surface area contributed by atoms with Gasteiger partial charge in [0, 0.05) is 17.3 Å². The molecule has 28 heavy (non-hydrogen) atoms. The van der Waals surface area contributed by atoms with Gasteiger partial charge < -0.3 is 15.2 Å². The van der Waals surface area contributed by atoms with E-state index in [2.05, 4.69) is 10.3 Å². The molecule has 2 N–H and O–H groups in total. The SMILES string of the molecule is O=C(O)c1ccccc1C=Nc1ccccc1NC1OC(=O)c2ccccc21. The fourth-order valence-electron chi connectivity index (χ4n) is 3.05. The highest BCUT2D eigenvalue weighted by atomic mass is 16.6. The molecule has 0 saturated heterocycles. The first kappa shape index (κ1) is 17.5. The van der Waals surface area contributed by atoms with Crippen molar-refractivity contribution in [3.8, 4) is 0 Å². The highest BCUT2D eigenvalue weighted by molar-refractivity contribution is 5.99. The van der Waals surface area contributed by atoms with Gasteiger partial charge >= 0.3 is 11.9 Å². The van der Waals surface area contributed by atoms with E-state index < -0.39 is 12.2 Å². The summed E-state index contributed by atoms with van der Waals surface area (Å²) in [6.45, 7) is 0. The molecule has 0 amide bonds. The average Bonchev–Trinajstić information content (AvgIpc) is 3.03. The predicted octanol–water partition coefficient (Wildman–Crippen LogP) is 4.42. The van der Waals surface area contributed by atoms with Crippen molar-refractivity contribution < 1.29 is 19.4 Å². The number of aliphatic imine (C=N–C) groups is 1. The van der Waals surface area contributed by atoms with Crippen molar-refractivity contribution in [3.05, 3.63) is 95.1 Å². The molecule has 1 aliphatic heterocycles. The van der Waals surface area contributed by atoms with Gasteiger partial charge in [-0.25, -0.2) is 9.59 Å². The zero-order valence-electron chi connectivity index (χ0n) is 14.7. The third-order valence-corrected chi connectivity index (χ3v) is 4.41. The zero-order valence-corrected chi connectivity index (χ0v) is 14.7. The van der Waals surface area contributed by atoms with Crippen LogP contribution < -0.4 is 5.32 Å². The first-order valence-corrected chi connectivity index (χ1v) is 8.65. The van der Waals surface area contributed by atoms with Gasteiger partial charge in [-0.15, -0.1) is 0 Å². The number of carboxylic acid groups (broad SMARTS) is 1. The second-order valence-electron chi connectivity index (χ2n) is 6.18. The van der Waals surface area contributed by atoms with Crippen LogP contribution in [0.5, 0.6) is 0 Å². The molecule has 0 saturated carbocycles. The smallest absolute Gasteiger partial charge is 0.340 e. The Kier molecular flexibility index (Phi) is 4.60. The number of anilines is 1. The molecule has 0 fully saturated rings. The number of benzene rings is 3. The molecule has 0 radical (unpaired) electrons. The molecule has 1 atom stereocenters. The number of nitrogens with zero attached hydrogens (tertiary/aromatic N) is 1. The average molecular weight is 372 g/mol. The largest absolute Gasteiger partial charge is 0.478 e. The highest BCUT2D eigenvalue weighted by Crippen LogP contribution is 2.34. The van der Waals surface area contributed by atoms with E-state index in [9.17, 15) is 14.7 Å². The number of aromatic carboxylic acids is 1. The van der Waals surface area contributed by atoms with Gasteiger partial charge in [0.15, 0.2) is 0 Å². The van der Waals surface area contributed by atoms with Crippen molar-refractivity contribution in [3.63, 3.8) is 0 Å². The Morgan fingerprint density at radius 2 is 1.71 bits per heavy atom. The summed E-state index contributed by atoms with van der Waals surface area (Å²) in [6.07, 6.45) is 0.907. The van der Waals surface area contributed by atoms with Gasteiger partial charge in [0.05, 0.1) is 22.5 Å². The normalized spacial score (nSPS) is 15.3. The summed E-state index contributed by atoms with van der Waals surface area (Å²) < 4.78 is 5.42. The van der Waals surface area contributed by atoms with Crippen LogP contribution in [0.4, 0.5) is 11.4 Å². The van der Waals surface area contributed by atoms with Crippen molar-refractivity contribution in [1.82, 2.24) is 0 Å². The predicted molar refractivity (Wildman–Crippen MR) is 105 cm³/mol. The van der Waals surface area contributed by atoms with Gasteiger partial charge in [0.1, 0.15) is 0 Å². The van der Waals surface area contributed by atoms with Crippen LogP contribution >= 0.6 is 0 Å². The number of ether oxygens (including phenoxy) is 1. The molecule has 3 aromatic carbocycles. The number of rotatable bonds is 5. The minimum Gasteiger partial charge on any atom is -0.478 e. The van der Waals surface area contributed by atoms with E-state index in [0.29, 0.717) is 22.5 Å². The van der Waals surface area contributed by atoms with E-state index in [1.54, 1.807) is 36.4 Å². The molecule has 6 heteroatoms. The lowest BCUT2D eigenvalue weighted by Crippen LogP contribution is -2.10. The Bertz CT molecular complexity index is 1090. The second-order valence-corrected chi connectivity index (χ2v) is 6.18. The molecule has 6 nitrogen and oxygen atoms in total. The maximum absolute atomic E-state index is 12.0. The van der Waals surface area contributed by atoms with E-state index >= 15 is 0 Å². The van der Waals surface area contributed by atoms with Crippen molar-refractivity contribution >= 4 is 29.5 Å². The van der Waals surface area contributed by atoms with Crippen LogP contribution in [0.1, 0.15) is 38.1 Å². The van der Waals surface area contributed by atoms with Gasteiger partial charge in [0.2, 0.25) is 6.23 Å². The Balaban J connectivity index is 1.62. The molecule has 0 aromatic heterocycles. The highest BCUT2D eigenvalue weighted by Gasteiger charge is 2.30. The minimum absolute atomic E-state index is 0.176. The van der Waals surface area contributed by atoms with Crippen molar-refractivity contribution in [2.24, 2.45) is 4.99 Å². The van der Waals surface area contributed by atoms with Crippen LogP contribution in [-0.4, -0.2) is 23.3 Å². The fourth-order valence-corrected chi connectivity index (χ4v) is 3.05. The van der Waals surface area contributed by atoms with Crippen molar-refractivity contribution in [1.29, 1.82) is 0 Å². The summed E-state index contributed by atoms with van der Waals surface area (Å²) in [5, 5.41) is 12.5. The molecular weight excluding hydrogens is 356 g/mol. The lowest BCUT2D eigenvalue weighted by Gasteiger charge is -2.15. The topological polar surface area (TPSA) is 88.0 Å². The van der Waals surface area contributed by atoms with Crippen LogP contribution in [0.3, 0.4) is 0 Å². The number of cyclic esters (lactones) is 1. The second kappa shape index (κ2) is 7.36. The number of para-hydroxylation sites is 2. The van der Waals surface area contributed by atoms with Gasteiger partial charge in [-0.05, 0) is 24.3 Å². The molecule has 1 aliphatic rings. The number of carbonyl (C=O) groups excluding carboxylic acids is 1. The number of carboxylic acids is 1. The Hall–Kier alpha value is -3.93. The Morgan fingerprint density at radius 3 is 2.57 bits per heavy atom. The zero-order chi connectivity index (χ0) is 19.5. The fraction of sp³-hybridized carbons (Fsp3) is 0.0455. The molecule has 0 spiro atoms. The minimum atomic E-state index is -1.01. The van der Waals surface area contributed by atoms with Crippen LogP contribution in [0, 0.1) is 0 Å². The van der Waals surface area contributed by atoms with E-state index in [4.69, 9.17) is 4.74 Å². The van der Waals surface area contributed by atoms with Crippen LogP contribution in [-0.2, 0) is 4.74 Å². The number of fused-ring (bicyclic) bond motifs is 1. The van der Waals surface area contributed by atoms with Crippen LogP contribution in [0.25, 0.3) is 0 Å². The first-order chi connectivity index (χ1) is 13.6. The van der Waals surface area contributed by atoms with Crippen LogP contribution in [0.15, 0.2) is 77.8 Å². The maximum Gasteiger partial charge on any atom is 0.340 e. The molecule has 138 valence electrons.